The van der Waals surface area contributed by atoms with Gasteiger partial charge in [-0.1, -0.05) is 19.4 Å². The lowest BCUT2D eigenvalue weighted by Gasteiger charge is -2.06. The lowest BCUT2D eigenvalue weighted by Crippen LogP contribution is -2.18. The van der Waals surface area contributed by atoms with Gasteiger partial charge in [-0.2, -0.15) is 0 Å². The van der Waals surface area contributed by atoms with E-state index in [0.717, 1.165) is 29.5 Å². The molecular weight excluding hydrogens is 228 g/mol. The van der Waals surface area contributed by atoms with E-state index < -0.39 is 0 Å². The van der Waals surface area contributed by atoms with Gasteiger partial charge >= 0.3 is 5.69 Å². The fourth-order valence-corrected chi connectivity index (χ4v) is 1.76. The number of ether oxygens (including phenoxy) is 1. The number of aromatic nitrogens is 2. The first-order valence-electron chi connectivity index (χ1n) is 5.98. The SMILES string of the molecule is CCCC=Cn1c(=O)ncc2cc(OC)ccc21. The number of fused-ring (bicyclic) bond motifs is 1. The lowest BCUT2D eigenvalue weighted by molar-refractivity contribution is 0.415. The van der Waals surface area contributed by atoms with Crippen LogP contribution in [-0.2, 0) is 0 Å². The minimum atomic E-state index is -0.264. The highest BCUT2D eigenvalue weighted by molar-refractivity contribution is 5.81. The average molecular weight is 244 g/mol. The van der Waals surface area contributed by atoms with Crippen molar-refractivity contribution in [1.29, 1.82) is 0 Å². The van der Waals surface area contributed by atoms with E-state index >= 15 is 0 Å². The summed E-state index contributed by atoms with van der Waals surface area (Å²) in [6, 6.07) is 5.57. The predicted molar refractivity (Wildman–Crippen MR) is 72.8 cm³/mol. The number of hydrogen-bond donors (Lipinski definition) is 0. The summed E-state index contributed by atoms with van der Waals surface area (Å²) in [6.45, 7) is 2.10. The Morgan fingerprint density at radius 2 is 2.28 bits per heavy atom. The monoisotopic (exact) mass is 244 g/mol. The summed E-state index contributed by atoms with van der Waals surface area (Å²) in [5, 5.41) is 0.884. The molecule has 0 bridgehead atoms. The molecule has 0 saturated carbocycles. The molecule has 4 nitrogen and oxygen atoms in total. The summed E-state index contributed by atoms with van der Waals surface area (Å²) in [5.74, 6) is 0.757. The molecule has 0 amide bonds. The van der Waals surface area contributed by atoms with Crippen molar-refractivity contribution in [3.05, 3.63) is 41.0 Å². The molecule has 1 aromatic carbocycles. The van der Waals surface area contributed by atoms with Crippen LogP contribution in [0.3, 0.4) is 0 Å². The number of benzene rings is 1. The standard InChI is InChI=1S/C14H16N2O2/c1-3-4-5-8-16-13-7-6-12(18-2)9-11(13)10-15-14(16)17/h5-10H,3-4H2,1-2H3. The number of nitrogens with zero attached hydrogens (tertiary/aromatic N) is 2. The van der Waals surface area contributed by atoms with Gasteiger partial charge in [-0.3, -0.25) is 4.57 Å². The van der Waals surface area contributed by atoms with E-state index in [1.807, 2.05) is 24.3 Å². The van der Waals surface area contributed by atoms with Crippen LogP contribution in [0.15, 0.2) is 35.3 Å². The largest absolute Gasteiger partial charge is 0.497 e. The number of methoxy groups -OCH3 is 1. The van der Waals surface area contributed by atoms with Crippen LogP contribution >= 0.6 is 0 Å². The van der Waals surface area contributed by atoms with Gasteiger partial charge in [0.1, 0.15) is 5.75 Å². The second-order valence-electron chi connectivity index (χ2n) is 4.01. The second-order valence-corrected chi connectivity index (χ2v) is 4.01. The van der Waals surface area contributed by atoms with E-state index in [0.29, 0.717) is 0 Å². The van der Waals surface area contributed by atoms with E-state index in [1.165, 1.54) is 0 Å². The fourth-order valence-electron chi connectivity index (χ4n) is 1.76. The molecule has 18 heavy (non-hydrogen) atoms. The molecular formula is C14H16N2O2. The number of allylic oxidation sites excluding steroid dienone is 1. The van der Waals surface area contributed by atoms with Crippen molar-refractivity contribution in [1.82, 2.24) is 9.55 Å². The summed E-state index contributed by atoms with van der Waals surface area (Å²) >= 11 is 0. The Kier molecular flexibility index (Phi) is 3.77. The van der Waals surface area contributed by atoms with Gasteiger partial charge in [0.2, 0.25) is 0 Å². The van der Waals surface area contributed by atoms with E-state index in [-0.39, 0.29) is 5.69 Å². The quantitative estimate of drug-likeness (QED) is 0.830. The van der Waals surface area contributed by atoms with Gasteiger partial charge in [-0.25, -0.2) is 9.78 Å². The van der Waals surface area contributed by atoms with Crippen molar-refractivity contribution in [2.75, 3.05) is 7.11 Å². The molecule has 0 atom stereocenters. The third-order valence-corrected chi connectivity index (χ3v) is 2.72. The van der Waals surface area contributed by atoms with E-state index in [9.17, 15) is 4.79 Å². The van der Waals surface area contributed by atoms with Crippen molar-refractivity contribution < 1.29 is 4.74 Å². The first kappa shape index (κ1) is 12.4. The molecule has 0 aliphatic heterocycles. The van der Waals surface area contributed by atoms with Crippen LogP contribution < -0.4 is 10.4 Å². The van der Waals surface area contributed by atoms with Gasteiger partial charge in [-0.05, 0) is 24.6 Å². The van der Waals surface area contributed by atoms with Crippen LogP contribution in [0.5, 0.6) is 5.75 Å². The van der Waals surface area contributed by atoms with Crippen LogP contribution in [0, 0.1) is 0 Å². The molecule has 4 heteroatoms. The molecule has 0 saturated heterocycles. The first-order valence-corrected chi connectivity index (χ1v) is 5.98. The van der Waals surface area contributed by atoms with E-state index in [4.69, 9.17) is 4.74 Å². The molecule has 2 rings (SSSR count). The highest BCUT2D eigenvalue weighted by atomic mass is 16.5. The van der Waals surface area contributed by atoms with Crippen LogP contribution in [0.4, 0.5) is 0 Å². The Bertz CT molecular complexity index is 629. The Morgan fingerprint density at radius 3 is 3.00 bits per heavy atom. The van der Waals surface area contributed by atoms with E-state index in [1.54, 1.807) is 24.1 Å². The fraction of sp³-hybridized carbons (Fsp3) is 0.286. The molecule has 2 aromatic rings. The van der Waals surface area contributed by atoms with Gasteiger partial charge in [-0.15, -0.1) is 0 Å². The zero-order chi connectivity index (χ0) is 13.0. The summed E-state index contributed by atoms with van der Waals surface area (Å²) in [4.78, 5) is 15.6. The third kappa shape index (κ3) is 2.42. The summed E-state index contributed by atoms with van der Waals surface area (Å²) < 4.78 is 6.72. The molecule has 94 valence electrons. The maximum atomic E-state index is 11.8. The molecule has 0 aliphatic carbocycles. The van der Waals surface area contributed by atoms with Crippen LogP contribution in [0.2, 0.25) is 0 Å². The molecule has 0 aliphatic rings. The second kappa shape index (κ2) is 5.49. The Hall–Kier alpha value is -2.10. The van der Waals surface area contributed by atoms with Crippen molar-refractivity contribution in [2.24, 2.45) is 0 Å². The summed E-state index contributed by atoms with van der Waals surface area (Å²) in [6.07, 6.45) is 7.33. The minimum absolute atomic E-state index is 0.264. The van der Waals surface area contributed by atoms with Gasteiger partial charge in [0.05, 0.1) is 12.6 Å². The summed E-state index contributed by atoms with van der Waals surface area (Å²) in [5.41, 5.74) is 0.572. The first-order chi connectivity index (χ1) is 8.76. The van der Waals surface area contributed by atoms with Gasteiger partial charge in [0.25, 0.3) is 0 Å². The van der Waals surface area contributed by atoms with Gasteiger partial charge in [0.15, 0.2) is 0 Å². The normalized spacial score (nSPS) is 11.2. The van der Waals surface area contributed by atoms with Crippen LogP contribution in [0.25, 0.3) is 17.1 Å². The van der Waals surface area contributed by atoms with Crippen molar-refractivity contribution in [2.45, 2.75) is 19.8 Å². The molecule has 0 fully saturated rings. The zero-order valence-electron chi connectivity index (χ0n) is 10.6. The number of unbranched alkanes of at least 4 members (excludes halogenated alkanes) is 1. The highest BCUT2D eigenvalue weighted by Gasteiger charge is 2.02. The number of hydrogen-bond acceptors (Lipinski definition) is 3. The van der Waals surface area contributed by atoms with Crippen LogP contribution in [-0.4, -0.2) is 16.7 Å². The minimum Gasteiger partial charge on any atom is -0.497 e. The zero-order valence-corrected chi connectivity index (χ0v) is 10.6. The number of rotatable bonds is 4. The smallest absolute Gasteiger partial charge is 0.352 e. The maximum Gasteiger partial charge on any atom is 0.352 e. The Labute approximate surface area is 106 Å². The average Bonchev–Trinajstić information content (AvgIpc) is 2.41. The van der Waals surface area contributed by atoms with E-state index in [2.05, 4.69) is 11.9 Å². The van der Waals surface area contributed by atoms with Crippen LogP contribution in [0.1, 0.15) is 19.8 Å². The van der Waals surface area contributed by atoms with Crippen molar-refractivity contribution >= 4 is 17.1 Å². The molecule has 1 aromatic heterocycles. The van der Waals surface area contributed by atoms with Crippen molar-refractivity contribution in [3.8, 4) is 5.75 Å². The maximum absolute atomic E-state index is 11.8. The molecule has 0 unspecified atom stereocenters. The van der Waals surface area contributed by atoms with Crippen molar-refractivity contribution in [3.63, 3.8) is 0 Å². The Balaban J connectivity index is 2.56. The van der Waals surface area contributed by atoms with Gasteiger partial charge in [0, 0.05) is 17.8 Å². The lowest BCUT2D eigenvalue weighted by atomic mass is 10.2. The molecule has 0 spiro atoms. The topological polar surface area (TPSA) is 44.1 Å². The Morgan fingerprint density at radius 1 is 1.44 bits per heavy atom. The summed E-state index contributed by atoms with van der Waals surface area (Å²) in [7, 11) is 1.62. The molecule has 1 heterocycles. The third-order valence-electron chi connectivity index (χ3n) is 2.72. The molecule has 0 N–H and O–H groups in total. The predicted octanol–water partition coefficient (Wildman–Crippen LogP) is 2.68. The molecule has 0 radical (unpaired) electrons. The highest BCUT2D eigenvalue weighted by Crippen LogP contribution is 2.18. The van der Waals surface area contributed by atoms with Gasteiger partial charge < -0.3 is 4.74 Å².